The fourth-order valence-electron chi connectivity index (χ4n) is 1.82. The normalized spacial score (nSPS) is 14.7. The second-order valence-corrected chi connectivity index (χ2v) is 4.16. The lowest BCUT2D eigenvalue weighted by atomic mass is 10.2. The number of nitrogens with one attached hydrogen (secondary N) is 1. The van der Waals surface area contributed by atoms with Gasteiger partial charge in [0, 0.05) is 19.6 Å². The number of rotatable bonds is 3. The van der Waals surface area contributed by atoms with Crippen LogP contribution < -0.4 is 10.2 Å². The van der Waals surface area contributed by atoms with Gasteiger partial charge in [0.05, 0.1) is 5.69 Å². The van der Waals surface area contributed by atoms with Crippen LogP contribution in [0, 0.1) is 0 Å². The van der Waals surface area contributed by atoms with Crippen LogP contribution in [0.4, 0.5) is 11.5 Å². The molecule has 0 spiro atoms. The molecule has 0 fully saturated rings. The van der Waals surface area contributed by atoms with E-state index >= 15 is 0 Å². The van der Waals surface area contributed by atoms with Crippen LogP contribution >= 0.6 is 11.6 Å². The zero-order valence-corrected chi connectivity index (χ0v) is 9.72. The molecule has 0 saturated heterocycles. The van der Waals surface area contributed by atoms with Crippen molar-refractivity contribution in [3.05, 3.63) is 17.3 Å². The van der Waals surface area contributed by atoms with Crippen molar-refractivity contribution in [1.82, 2.24) is 4.98 Å². The summed E-state index contributed by atoms with van der Waals surface area (Å²) >= 11 is 5.86. The van der Waals surface area contributed by atoms with Gasteiger partial charge in [-0.2, -0.15) is 0 Å². The topological polar surface area (TPSA) is 28.2 Å². The smallest absolute Gasteiger partial charge is 0.151 e. The Morgan fingerprint density at radius 1 is 1.53 bits per heavy atom. The molecule has 0 bridgehead atoms. The van der Waals surface area contributed by atoms with Crippen molar-refractivity contribution in [2.45, 2.75) is 19.8 Å². The molecule has 0 unspecified atom stereocenters. The van der Waals surface area contributed by atoms with Crippen molar-refractivity contribution < 1.29 is 0 Å². The molecule has 3 nitrogen and oxygen atoms in total. The monoisotopic (exact) mass is 225 g/mol. The Morgan fingerprint density at radius 2 is 2.40 bits per heavy atom. The largest absolute Gasteiger partial charge is 0.367 e. The predicted octanol–water partition coefficient (Wildman–Crippen LogP) is 2.77. The van der Waals surface area contributed by atoms with Gasteiger partial charge in [0.1, 0.15) is 5.15 Å². The van der Waals surface area contributed by atoms with E-state index in [1.807, 2.05) is 12.1 Å². The number of halogens is 1. The number of anilines is 2. The zero-order valence-electron chi connectivity index (χ0n) is 8.96. The van der Waals surface area contributed by atoms with Crippen LogP contribution in [-0.4, -0.2) is 24.6 Å². The Balaban J connectivity index is 2.18. The van der Waals surface area contributed by atoms with Gasteiger partial charge in [-0.25, -0.2) is 4.98 Å². The maximum absolute atomic E-state index is 5.86. The van der Waals surface area contributed by atoms with Gasteiger partial charge in [-0.1, -0.05) is 24.9 Å². The number of hydrogen-bond donors (Lipinski definition) is 1. The molecule has 1 aliphatic heterocycles. The molecule has 0 saturated carbocycles. The summed E-state index contributed by atoms with van der Waals surface area (Å²) in [6.07, 6.45) is 2.45. The second kappa shape index (κ2) is 4.71. The van der Waals surface area contributed by atoms with Crippen molar-refractivity contribution in [3.63, 3.8) is 0 Å². The summed E-state index contributed by atoms with van der Waals surface area (Å²) in [5.41, 5.74) is 1.18. The molecular weight excluding hydrogens is 210 g/mol. The van der Waals surface area contributed by atoms with Crippen LogP contribution in [0.1, 0.15) is 19.8 Å². The van der Waals surface area contributed by atoms with E-state index in [0.717, 1.165) is 25.5 Å². The highest BCUT2D eigenvalue weighted by Crippen LogP contribution is 2.28. The summed E-state index contributed by atoms with van der Waals surface area (Å²) in [6, 6.07) is 3.90. The Morgan fingerprint density at radius 3 is 3.20 bits per heavy atom. The molecular formula is C11H16ClN3. The summed E-state index contributed by atoms with van der Waals surface area (Å²) < 4.78 is 0. The van der Waals surface area contributed by atoms with Crippen LogP contribution in [0.2, 0.25) is 5.15 Å². The highest BCUT2D eigenvalue weighted by Gasteiger charge is 2.16. The quantitative estimate of drug-likeness (QED) is 0.802. The van der Waals surface area contributed by atoms with Crippen molar-refractivity contribution >= 4 is 23.1 Å². The lowest BCUT2D eigenvalue weighted by molar-refractivity contribution is 0.710. The van der Waals surface area contributed by atoms with Gasteiger partial charge in [0.25, 0.3) is 0 Å². The van der Waals surface area contributed by atoms with Crippen LogP contribution in [0.15, 0.2) is 12.1 Å². The fourth-order valence-corrected chi connectivity index (χ4v) is 1.97. The minimum absolute atomic E-state index is 0.554. The average Bonchev–Trinajstić information content (AvgIpc) is 2.25. The Kier molecular flexibility index (Phi) is 3.31. The van der Waals surface area contributed by atoms with Gasteiger partial charge in [0.2, 0.25) is 0 Å². The first kappa shape index (κ1) is 10.6. The summed E-state index contributed by atoms with van der Waals surface area (Å²) in [7, 11) is 0. The van der Waals surface area contributed by atoms with Gasteiger partial charge in [-0.05, 0) is 18.6 Å². The van der Waals surface area contributed by atoms with Crippen molar-refractivity contribution in [1.29, 1.82) is 0 Å². The summed E-state index contributed by atoms with van der Waals surface area (Å²) in [5, 5.41) is 3.83. The van der Waals surface area contributed by atoms with E-state index in [2.05, 4.69) is 22.1 Å². The molecule has 0 radical (unpaired) electrons. The first-order valence-corrected chi connectivity index (χ1v) is 5.84. The first-order valence-electron chi connectivity index (χ1n) is 5.46. The number of aromatic nitrogens is 1. The second-order valence-electron chi connectivity index (χ2n) is 3.77. The van der Waals surface area contributed by atoms with Gasteiger partial charge < -0.3 is 10.2 Å². The third-order valence-corrected chi connectivity index (χ3v) is 2.85. The molecule has 2 rings (SSSR count). The molecule has 2 heterocycles. The molecule has 1 aliphatic rings. The van der Waals surface area contributed by atoms with E-state index in [4.69, 9.17) is 11.6 Å². The first-order chi connectivity index (χ1) is 7.31. The predicted molar refractivity (Wildman–Crippen MR) is 64.9 cm³/mol. The average molecular weight is 226 g/mol. The molecule has 0 aromatic carbocycles. The number of pyridine rings is 1. The van der Waals surface area contributed by atoms with Crippen molar-refractivity contribution in [2.75, 3.05) is 29.9 Å². The molecule has 82 valence electrons. The van der Waals surface area contributed by atoms with Gasteiger partial charge in [0.15, 0.2) is 5.82 Å². The van der Waals surface area contributed by atoms with Gasteiger partial charge in [-0.3, -0.25) is 0 Å². The van der Waals surface area contributed by atoms with Crippen molar-refractivity contribution in [2.24, 2.45) is 0 Å². The lowest BCUT2D eigenvalue weighted by Crippen LogP contribution is -2.35. The molecule has 1 aromatic heterocycles. The van der Waals surface area contributed by atoms with E-state index in [0.29, 0.717) is 5.15 Å². The lowest BCUT2D eigenvalue weighted by Gasteiger charge is -2.31. The SMILES string of the molecule is CCCCN1CCNc2nc(Cl)ccc21. The van der Waals surface area contributed by atoms with Crippen LogP contribution in [-0.2, 0) is 0 Å². The molecule has 0 atom stereocenters. The Hall–Kier alpha value is -0.960. The van der Waals surface area contributed by atoms with E-state index < -0.39 is 0 Å². The minimum atomic E-state index is 0.554. The van der Waals surface area contributed by atoms with E-state index in [1.165, 1.54) is 18.5 Å². The third-order valence-electron chi connectivity index (χ3n) is 2.64. The molecule has 0 aliphatic carbocycles. The zero-order chi connectivity index (χ0) is 10.7. The summed E-state index contributed by atoms with van der Waals surface area (Å²) in [5.74, 6) is 0.921. The van der Waals surface area contributed by atoms with E-state index in [-0.39, 0.29) is 0 Å². The minimum Gasteiger partial charge on any atom is -0.367 e. The molecule has 1 N–H and O–H groups in total. The number of fused-ring (bicyclic) bond motifs is 1. The molecule has 0 amide bonds. The van der Waals surface area contributed by atoms with Crippen LogP contribution in [0.3, 0.4) is 0 Å². The highest BCUT2D eigenvalue weighted by atomic mass is 35.5. The van der Waals surface area contributed by atoms with Crippen LogP contribution in [0.5, 0.6) is 0 Å². The molecule has 15 heavy (non-hydrogen) atoms. The number of unbranched alkanes of at least 4 members (excludes halogenated alkanes) is 1. The van der Waals surface area contributed by atoms with Crippen LogP contribution in [0.25, 0.3) is 0 Å². The number of hydrogen-bond acceptors (Lipinski definition) is 3. The highest BCUT2D eigenvalue weighted by molar-refractivity contribution is 6.29. The van der Waals surface area contributed by atoms with Gasteiger partial charge >= 0.3 is 0 Å². The standard InChI is InChI=1S/C11H16ClN3/c1-2-3-7-15-8-6-13-11-9(15)4-5-10(12)14-11/h4-5H,2-3,6-8H2,1H3,(H,13,14). The van der Waals surface area contributed by atoms with Crippen molar-refractivity contribution in [3.8, 4) is 0 Å². The molecule has 1 aromatic rings. The summed E-state index contributed by atoms with van der Waals surface area (Å²) in [6.45, 7) is 5.32. The summed E-state index contributed by atoms with van der Waals surface area (Å²) in [4.78, 5) is 6.66. The third kappa shape index (κ3) is 2.34. The number of nitrogens with zero attached hydrogens (tertiary/aromatic N) is 2. The van der Waals surface area contributed by atoms with E-state index in [9.17, 15) is 0 Å². The Bertz CT molecular complexity index is 341. The maximum atomic E-state index is 5.86. The maximum Gasteiger partial charge on any atom is 0.151 e. The van der Waals surface area contributed by atoms with Gasteiger partial charge in [-0.15, -0.1) is 0 Å². The fraction of sp³-hybridized carbons (Fsp3) is 0.545. The van der Waals surface area contributed by atoms with E-state index in [1.54, 1.807) is 0 Å². The molecule has 4 heteroatoms. The Labute approximate surface area is 95.4 Å².